The van der Waals surface area contributed by atoms with Crippen LogP contribution in [-0.2, 0) is 10.0 Å². The molecule has 6 heteroatoms. The molecule has 4 nitrogen and oxygen atoms in total. The molecule has 2 unspecified atom stereocenters. The highest BCUT2D eigenvalue weighted by molar-refractivity contribution is 8.00. The van der Waals surface area contributed by atoms with Crippen LogP contribution in [0, 0.1) is 0 Å². The first kappa shape index (κ1) is 13.6. The summed E-state index contributed by atoms with van der Waals surface area (Å²) in [5.74, 6) is 1.42. The average Bonchev–Trinajstić information content (AvgIpc) is 2.80. The van der Waals surface area contributed by atoms with Crippen molar-refractivity contribution in [2.45, 2.75) is 43.4 Å². The molecule has 100 valence electrons. The van der Waals surface area contributed by atoms with E-state index in [2.05, 4.69) is 10.0 Å². The highest BCUT2D eigenvalue weighted by atomic mass is 32.2. The van der Waals surface area contributed by atoms with Crippen LogP contribution in [0.2, 0.25) is 0 Å². The Morgan fingerprint density at radius 1 is 1.24 bits per heavy atom. The summed E-state index contributed by atoms with van der Waals surface area (Å²) >= 11 is 1.89. The Kier molecular flexibility index (Phi) is 5.14. The van der Waals surface area contributed by atoms with Crippen LogP contribution in [0.3, 0.4) is 0 Å². The molecule has 0 aromatic carbocycles. The minimum atomic E-state index is -3.09. The molecular formula is C11H22N2O2S2. The van der Waals surface area contributed by atoms with Gasteiger partial charge in [-0.2, -0.15) is 11.8 Å². The Bertz CT molecular complexity index is 320. The van der Waals surface area contributed by atoms with Gasteiger partial charge in [-0.25, -0.2) is 13.1 Å². The number of nitrogens with one attached hydrogen (secondary N) is 2. The molecule has 17 heavy (non-hydrogen) atoms. The number of hydrogen-bond acceptors (Lipinski definition) is 4. The van der Waals surface area contributed by atoms with E-state index in [0.717, 1.165) is 25.8 Å². The predicted molar refractivity (Wildman–Crippen MR) is 72.9 cm³/mol. The SMILES string of the molecule is O=S(=O)(CC1CCCCN1)NCC1CCCS1. The molecule has 0 saturated carbocycles. The van der Waals surface area contributed by atoms with Crippen LogP contribution in [0.1, 0.15) is 32.1 Å². The van der Waals surface area contributed by atoms with E-state index in [-0.39, 0.29) is 11.8 Å². The van der Waals surface area contributed by atoms with Crippen molar-refractivity contribution in [3.63, 3.8) is 0 Å². The van der Waals surface area contributed by atoms with E-state index in [1.807, 2.05) is 11.8 Å². The second kappa shape index (κ2) is 6.41. The molecule has 0 aliphatic carbocycles. The average molecular weight is 278 g/mol. The highest BCUT2D eigenvalue weighted by Crippen LogP contribution is 2.25. The topological polar surface area (TPSA) is 58.2 Å². The first-order valence-corrected chi connectivity index (χ1v) is 9.18. The van der Waals surface area contributed by atoms with Crippen LogP contribution < -0.4 is 10.0 Å². The fraction of sp³-hybridized carbons (Fsp3) is 1.00. The largest absolute Gasteiger partial charge is 0.313 e. The van der Waals surface area contributed by atoms with Crippen molar-refractivity contribution in [3.8, 4) is 0 Å². The summed E-state index contributed by atoms with van der Waals surface area (Å²) < 4.78 is 26.5. The van der Waals surface area contributed by atoms with Crippen LogP contribution in [0.5, 0.6) is 0 Å². The molecule has 0 aromatic rings. The maximum absolute atomic E-state index is 11.9. The Morgan fingerprint density at radius 3 is 2.76 bits per heavy atom. The minimum absolute atomic E-state index is 0.150. The molecule has 2 heterocycles. The fourth-order valence-corrected chi connectivity index (χ4v) is 5.11. The first-order chi connectivity index (χ1) is 8.16. The van der Waals surface area contributed by atoms with Gasteiger partial charge in [0.1, 0.15) is 0 Å². The van der Waals surface area contributed by atoms with Crippen molar-refractivity contribution in [2.75, 3.05) is 24.6 Å². The first-order valence-electron chi connectivity index (χ1n) is 6.48. The molecule has 2 N–H and O–H groups in total. The summed E-state index contributed by atoms with van der Waals surface area (Å²) in [6, 6.07) is 0.150. The van der Waals surface area contributed by atoms with Crippen LogP contribution in [-0.4, -0.2) is 44.3 Å². The van der Waals surface area contributed by atoms with E-state index in [1.54, 1.807) is 0 Å². The van der Waals surface area contributed by atoms with E-state index < -0.39 is 10.0 Å². The van der Waals surface area contributed by atoms with Gasteiger partial charge in [0.2, 0.25) is 10.0 Å². The Balaban J connectivity index is 1.73. The molecule has 0 bridgehead atoms. The van der Waals surface area contributed by atoms with Gasteiger partial charge in [0.25, 0.3) is 0 Å². The lowest BCUT2D eigenvalue weighted by atomic mass is 10.1. The van der Waals surface area contributed by atoms with Crippen molar-refractivity contribution in [1.82, 2.24) is 10.0 Å². The summed E-state index contributed by atoms with van der Waals surface area (Å²) in [5, 5.41) is 3.77. The zero-order chi connectivity index (χ0) is 12.1. The Morgan fingerprint density at radius 2 is 2.12 bits per heavy atom. The number of rotatable bonds is 5. The van der Waals surface area contributed by atoms with E-state index >= 15 is 0 Å². The molecule has 0 spiro atoms. The lowest BCUT2D eigenvalue weighted by molar-refractivity contribution is 0.422. The summed E-state index contributed by atoms with van der Waals surface area (Å²) in [5.41, 5.74) is 0. The van der Waals surface area contributed by atoms with Gasteiger partial charge in [-0.05, 0) is 38.0 Å². The third-order valence-corrected chi connectivity index (χ3v) is 6.23. The zero-order valence-corrected chi connectivity index (χ0v) is 11.8. The third kappa shape index (κ3) is 4.77. The van der Waals surface area contributed by atoms with Gasteiger partial charge in [0.15, 0.2) is 0 Å². The van der Waals surface area contributed by atoms with Crippen molar-refractivity contribution in [3.05, 3.63) is 0 Å². The second-order valence-corrected chi connectivity index (χ2v) is 8.17. The van der Waals surface area contributed by atoms with Crippen LogP contribution >= 0.6 is 11.8 Å². The molecule has 2 aliphatic rings. The standard InChI is InChI=1S/C11H22N2O2S2/c14-17(15,9-10-4-1-2-6-12-10)13-8-11-5-3-7-16-11/h10-13H,1-9H2. The Labute approximate surface area is 108 Å². The molecule has 2 rings (SSSR count). The second-order valence-electron chi connectivity index (χ2n) is 4.91. The maximum Gasteiger partial charge on any atom is 0.213 e. The lowest BCUT2D eigenvalue weighted by Crippen LogP contribution is -2.43. The molecular weight excluding hydrogens is 256 g/mol. The van der Waals surface area contributed by atoms with Gasteiger partial charge in [-0.15, -0.1) is 0 Å². The normalized spacial score (nSPS) is 30.6. The summed E-state index contributed by atoms with van der Waals surface area (Å²) in [6.45, 7) is 1.57. The smallest absolute Gasteiger partial charge is 0.213 e. The molecule has 2 fully saturated rings. The summed E-state index contributed by atoms with van der Waals surface area (Å²) in [6.07, 6.45) is 5.67. The van der Waals surface area contributed by atoms with Crippen molar-refractivity contribution in [2.24, 2.45) is 0 Å². The van der Waals surface area contributed by atoms with Crippen LogP contribution in [0.4, 0.5) is 0 Å². The van der Waals surface area contributed by atoms with E-state index in [4.69, 9.17) is 0 Å². The van der Waals surface area contributed by atoms with Crippen molar-refractivity contribution < 1.29 is 8.42 Å². The minimum Gasteiger partial charge on any atom is -0.313 e. The quantitative estimate of drug-likeness (QED) is 0.786. The van der Waals surface area contributed by atoms with Crippen LogP contribution in [0.25, 0.3) is 0 Å². The molecule has 2 atom stereocenters. The number of piperidine rings is 1. The van der Waals surface area contributed by atoms with Gasteiger partial charge >= 0.3 is 0 Å². The van der Waals surface area contributed by atoms with E-state index in [1.165, 1.54) is 18.6 Å². The number of hydrogen-bond donors (Lipinski definition) is 2. The van der Waals surface area contributed by atoms with Gasteiger partial charge in [0.05, 0.1) is 5.75 Å². The highest BCUT2D eigenvalue weighted by Gasteiger charge is 2.23. The number of thioether (sulfide) groups is 1. The van der Waals surface area contributed by atoms with E-state index in [9.17, 15) is 8.42 Å². The lowest BCUT2D eigenvalue weighted by Gasteiger charge is -2.23. The Hall–Kier alpha value is 0.220. The molecule has 0 amide bonds. The molecule has 2 aliphatic heterocycles. The monoisotopic (exact) mass is 278 g/mol. The van der Waals surface area contributed by atoms with E-state index in [0.29, 0.717) is 11.8 Å². The maximum atomic E-state index is 11.9. The van der Waals surface area contributed by atoms with Crippen molar-refractivity contribution >= 4 is 21.8 Å². The summed E-state index contributed by atoms with van der Waals surface area (Å²) in [7, 11) is -3.09. The van der Waals surface area contributed by atoms with Gasteiger partial charge in [0, 0.05) is 17.8 Å². The fourth-order valence-electron chi connectivity index (χ4n) is 2.42. The summed E-state index contributed by atoms with van der Waals surface area (Å²) in [4.78, 5) is 0. The zero-order valence-electron chi connectivity index (χ0n) is 10.2. The predicted octanol–water partition coefficient (Wildman–Crippen LogP) is 0.943. The molecule has 2 saturated heterocycles. The van der Waals surface area contributed by atoms with Gasteiger partial charge in [-0.3, -0.25) is 0 Å². The molecule has 0 aromatic heterocycles. The third-order valence-electron chi connectivity index (χ3n) is 3.39. The van der Waals surface area contributed by atoms with Crippen LogP contribution in [0.15, 0.2) is 0 Å². The van der Waals surface area contributed by atoms with Gasteiger partial charge < -0.3 is 5.32 Å². The van der Waals surface area contributed by atoms with Gasteiger partial charge in [-0.1, -0.05) is 6.42 Å². The van der Waals surface area contributed by atoms with Crippen molar-refractivity contribution in [1.29, 1.82) is 0 Å². The number of sulfonamides is 1. The molecule has 0 radical (unpaired) electrons.